The molecule has 0 spiro atoms. The predicted molar refractivity (Wildman–Crippen MR) is 79.5 cm³/mol. The molecule has 6 heteroatoms. The van der Waals surface area contributed by atoms with Gasteiger partial charge < -0.3 is 10.0 Å². The second-order valence-electron chi connectivity index (χ2n) is 4.86. The molecular formula is C14H17N3O2S. The maximum Gasteiger partial charge on any atom is 0.356 e. The van der Waals surface area contributed by atoms with Gasteiger partial charge in [0.25, 0.3) is 0 Å². The molecule has 0 amide bonds. The van der Waals surface area contributed by atoms with Gasteiger partial charge in [-0.15, -0.1) is 11.3 Å². The van der Waals surface area contributed by atoms with Gasteiger partial charge in [0.2, 0.25) is 0 Å². The number of carboxylic acids is 1. The van der Waals surface area contributed by atoms with Gasteiger partial charge in [-0.3, -0.25) is 0 Å². The summed E-state index contributed by atoms with van der Waals surface area (Å²) in [6.07, 6.45) is 1.60. The monoisotopic (exact) mass is 291 g/mol. The molecular weight excluding hydrogens is 274 g/mol. The topological polar surface area (TPSA) is 66.3 Å². The summed E-state index contributed by atoms with van der Waals surface area (Å²) in [4.78, 5) is 22.8. The number of nitrogens with zero attached hydrogens (tertiary/aromatic N) is 3. The van der Waals surface area contributed by atoms with E-state index in [1.165, 1.54) is 0 Å². The van der Waals surface area contributed by atoms with Crippen molar-refractivity contribution < 1.29 is 9.90 Å². The van der Waals surface area contributed by atoms with Crippen molar-refractivity contribution in [3.05, 3.63) is 40.1 Å². The molecule has 106 valence electrons. The lowest BCUT2D eigenvalue weighted by Crippen LogP contribution is -2.21. The van der Waals surface area contributed by atoms with Crippen LogP contribution < -0.4 is 4.90 Å². The maximum absolute atomic E-state index is 11.4. The molecule has 0 aliphatic carbocycles. The first kappa shape index (κ1) is 14.5. The molecule has 0 radical (unpaired) electrons. The second kappa shape index (κ2) is 6.00. The van der Waals surface area contributed by atoms with E-state index in [0.717, 1.165) is 4.88 Å². The van der Waals surface area contributed by atoms with Crippen molar-refractivity contribution in [3.63, 3.8) is 0 Å². The minimum absolute atomic E-state index is 0.0581. The summed E-state index contributed by atoms with van der Waals surface area (Å²) in [5, 5.41) is 11.3. The van der Waals surface area contributed by atoms with Crippen LogP contribution in [0, 0.1) is 0 Å². The number of aromatic nitrogens is 2. The van der Waals surface area contributed by atoms with Gasteiger partial charge in [0.15, 0.2) is 5.69 Å². The summed E-state index contributed by atoms with van der Waals surface area (Å²) in [5.41, 5.74) is 0.595. The van der Waals surface area contributed by atoms with Crippen LogP contribution >= 0.6 is 11.3 Å². The lowest BCUT2D eigenvalue weighted by Gasteiger charge is -2.20. The van der Waals surface area contributed by atoms with E-state index in [-0.39, 0.29) is 11.6 Å². The van der Waals surface area contributed by atoms with Crippen LogP contribution in [-0.4, -0.2) is 28.1 Å². The molecule has 0 aromatic carbocycles. The van der Waals surface area contributed by atoms with E-state index in [1.807, 2.05) is 43.3 Å². The van der Waals surface area contributed by atoms with Crippen molar-refractivity contribution in [2.75, 3.05) is 11.9 Å². The Morgan fingerprint density at radius 1 is 1.50 bits per heavy atom. The van der Waals surface area contributed by atoms with Crippen molar-refractivity contribution in [1.82, 2.24) is 9.97 Å². The quantitative estimate of drug-likeness (QED) is 0.917. The minimum Gasteiger partial charge on any atom is -0.476 e. The third-order valence-electron chi connectivity index (χ3n) is 2.89. The molecule has 0 aliphatic rings. The van der Waals surface area contributed by atoms with E-state index in [1.54, 1.807) is 17.5 Å². The van der Waals surface area contributed by atoms with Crippen LogP contribution in [-0.2, 0) is 6.54 Å². The highest BCUT2D eigenvalue weighted by Crippen LogP contribution is 2.22. The third-order valence-corrected chi connectivity index (χ3v) is 3.75. The van der Waals surface area contributed by atoms with Crippen molar-refractivity contribution in [3.8, 4) is 0 Å². The fourth-order valence-corrected chi connectivity index (χ4v) is 2.58. The van der Waals surface area contributed by atoms with E-state index in [2.05, 4.69) is 9.97 Å². The fraction of sp³-hybridized carbons (Fsp3) is 0.357. The van der Waals surface area contributed by atoms with E-state index < -0.39 is 5.97 Å². The Hall–Kier alpha value is -1.95. The van der Waals surface area contributed by atoms with Crippen molar-refractivity contribution >= 4 is 23.0 Å². The number of carbonyl (C=O) groups is 1. The highest BCUT2D eigenvalue weighted by molar-refractivity contribution is 7.09. The molecule has 0 aliphatic heterocycles. The number of anilines is 1. The van der Waals surface area contributed by atoms with E-state index >= 15 is 0 Å². The number of carboxylic acid groups (broad SMARTS) is 1. The summed E-state index contributed by atoms with van der Waals surface area (Å²) in [7, 11) is 1.85. The van der Waals surface area contributed by atoms with Crippen molar-refractivity contribution in [1.29, 1.82) is 0 Å². The van der Waals surface area contributed by atoms with Gasteiger partial charge in [-0.2, -0.15) is 0 Å². The van der Waals surface area contributed by atoms with Gasteiger partial charge in [-0.05, 0) is 11.4 Å². The number of aromatic carboxylic acids is 1. The van der Waals surface area contributed by atoms with Crippen LogP contribution in [0.25, 0.3) is 0 Å². The average molecular weight is 291 g/mol. The second-order valence-corrected chi connectivity index (χ2v) is 5.89. The molecule has 0 saturated carbocycles. The van der Waals surface area contributed by atoms with Crippen LogP contribution in [0.3, 0.4) is 0 Å². The minimum atomic E-state index is -1.03. The Kier molecular flexibility index (Phi) is 4.34. The van der Waals surface area contributed by atoms with Crippen LogP contribution in [0.4, 0.5) is 5.69 Å². The van der Waals surface area contributed by atoms with Gasteiger partial charge in [0, 0.05) is 17.8 Å². The highest BCUT2D eigenvalue weighted by Gasteiger charge is 2.18. The zero-order valence-electron chi connectivity index (χ0n) is 11.7. The molecule has 0 fully saturated rings. The summed E-state index contributed by atoms with van der Waals surface area (Å²) >= 11 is 1.64. The molecule has 20 heavy (non-hydrogen) atoms. The molecule has 2 aromatic rings. The van der Waals surface area contributed by atoms with Gasteiger partial charge in [-0.25, -0.2) is 14.8 Å². The number of rotatable bonds is 5. The van der Waals surface area contributed by atoms with Gasteiger partial charge in [-0.1, -0.05) is 19.9 Å². The Morgan fingerprint density at radius 3 is 2.80 bits per heavy atom. The molecule has 0 unspecified atom stereocenters. The summed E-state index contributed by atoms with van der Waals surface area (Å²) in [6.45, 7) is 4.52. The molecule has 2 rings (SSSR count). The molecule has 2 aromatic heterocycles. The number of hydrogen-bond acceptors (Lipinski definition) is 5. The third kappa shape index (κ3) is 3.14. The standard InChI is InChI=1S/C14H17N3O2S/c1-9(2)13-15-7-11(12(16-13)14(18)19)17(3)8-10-5-4-6-20-10/h4-7,9H,8H2,1-3H3,(H,18,19). The number of thiophene rings is 1. The summed E-state index contributed by atoms with van der Waals surface area (Å²) < 4.78 is 0. The fourth-order valence-electron chi connectivity index (χ4n) is 1.83. The first-order chi connectivity index (χ1) is 9.49. The maximum atomic E-state index is 11.4. The van der Waals surface area contributed by atoms with E-state index in [4.69, 9.17) is 0 Å². The molecule has 0 atom stereocenters. The van der Waals surface area contributed by atoms with Gasteiger partial charge in [0.1, 0.15) is 5.82 Å². The zero-order valence-corrected chi connectivity index (χ0v) is 12.5. The lowest BCUT2D eigenvalue weighted by molar-refractivity contribution is 0.0690. The molecule has 2 heterocycles. The smallest absolute Gasteiger partial charge is 0.356 e. The summed E-state index contributed by atoms with van der Waals surface area (Å²) in [6, 6.07) is 4.00. The van der Waals surface area contributed by atoms with Crippen molar-refractivity contribution in [2.45, 2.75) is 26.3 Å². The Bertz CT molecular complexity index is 596. The predicted octanol–water partition coefficient (Wildman–Crippen LogP) is 3.00. The van der Waals surface area contributed by atoms with E-state index in [9.17, 15) is 9.90 Å². The number of hydrogen-bond donors (Lipinski definition) is 1. The van der Waals surface area contributed by atoms with Gasteiger partial charge in [0.05, 0.1) is 18.4 Å². The molecule has 1 N–H and O–H groups in total. The normalized spacial score (nSPS) is 10.8. The first-order valence-corrected chi connectivity index (χ1v) is 7.20. The van der Waals surface area contributed by atoms with Crippen LogP contribution in [0.2, 0.25) is 0 Å². The molecule has 5 nitrogen and oxygen atoms in total. The van der Waals surface area contributed by atoms with E-state index in [0.29, 0.717) is 18.1 Å². The average Bonchev–Trinajstić information content (AvgIpc) is 2.90. The Labute approximate surface area is 121 Å². The Morgan fingerprint density at radius 2 is 2.25 bits per heavy atom. The first-order valence-electron chi connectivity index (χ1n) is 6.32. The molecule has 0 saturated heterocycles. The SMILES string of the molecule is CC(C)c1ncc(N(C)Cc2cccs2)c(C(=O)O)n1. The Balaban J connectivity index is 2.32. The van der Waals surface area contributed by atoms with Crippen molar-refractivity contribution in [2.24, 2.45) is 0 Å². The lowest BCUT2D eigenvalue weighted by atomic mass is 10.2. The van der Waals surface area contributed by atoms with Crippen LogP contribution in [0.1, 0.15) is 41.0 Å². The molecule has 0 bridgehead atoms. The zero-order chi connectivity index (χ0) is 14.7. The van der Waals surface area contributed by atoms with Crippen LogP contribution in [0.15, 0.2) is 23.7 Å². The van der Waals surface area contributed by atoms with Gasteiger partial charge >= 0.3 is 5.97 Å². The highest BCUT2D eigenvalue weighted by atomic mass is 32.1. The van der Waals surface area contributed by atoms with Crippen LogP contribution in [0.5, 0.6) is 0 Å². The largest absolute Gasteiger partial charge is 0.476 e. The summed E-state index contributed by atoms with van der Waals surface area (Å²) in [5.74, 6) is -0.372.